The van der Waals surface area contributed by atoms with Gasteiger partial charge in [-0.1, -0.05) is 0 Å². The zero-order valence-electron chi connectivity index (χ0n) is 10.4. The summed E-state index contributed by atoms with van der Waals surface area (Å²) in [6.07, 6.45) is 1.77. The lowest BCUT2D eigenvalue weighted by Gasteiger charge is -2.44. The highest BCUT2D eigenvalue weighted by Gasteiger charge is 2.35. The van der Waals surface area contributed by atoms with Crippen molar-refractivity contribution in [3.05, 3.63) is 0 Å². The van der Waals surface area contributed by atoms with E-state index in [1.165, 1.54) is 0 Å². The molecule has 0 aromatic carbocycles. The van der Waals surface area contributed by atoms with E-state index in [-0.39, 0.29) is 5.54 Å². The van der Waals surface area contributed by atoms with E-state index < -0.39 is 0 Å². The van der Waals surface area contributed by atoms with Crippen LogP contribution in [0.15, 0.2) is 0 Å². The number of nitrogens with zero attached hydrogens (tertiary/aromatic N) is 2. The molecule has 1 aliphatic heterocycles. The van der Waals surface area contributed by atoms with Crippen LogP contribution >= 0.6 is 0 Å². The van der Waals surface area contributed by atoms with Crippen LogP contribution in [-0.4, -0.2) is 35.6 Å². The number of nitrogens with one attached hydrogen (secondary N) is 1. The molecule has 1 unspecified atom stereocenters. The summed E-state index contributed by atoms with van der Waals surface area (Å²) in [6.45, 7) is 11.0. The Balaban J connectivity index is 2.88. The number of nitriles is 1. The summed E-state index contributed by atoms with van der Waals surface area (Å²) in [5.41, 5.74) is 0.194. The first-order chi connectivity index (χ1) is 6.99. The van der Waals surface area contributed by atoms with Crippen molar-refractivity contribution in [3.63, 3.8) is 0 Å². The largest absolute Gasteiger partial charge is 0.315 e. The predicted molar refractivity (Wildman–Crippen MR) is 62.6 cm³/mol. The van der Waals surface area contributed by atoms with Crippen molar-refractivity contribution in [1.29, 1.82) is 5.26 Å². The second kappa shape index (κ2) is 4.96. The molecule has 1 saturated heterocycles. The van der Waals surface area contributed by atoms with Crippen molar-refractivity contribution in [1.82, 2.24) is 10.2 Å². The monoisotopic (exact) mass is 209 g/mol. The van der Waals surface area contributed by atoms with Gasteiger partial charge in [-0.05, 0) is 40.7 Å². The third-order valence-corrected chi connectivity index (χ3v) is 3.27. The molecule has 0 amide bonds. The lowest BCUT2D eigenvalue weighted by Crippen LogP contribution is -2.53. The number of rotatable bonds is 2. The Kier molecular flexibility index (Phi) is 4.12. The van der Waals surface area contributed by atoms with Gasteiger partial charge in [0.1, 0.15) is 0 Å². The van der Waals surface area contributed by atoms with Gasteiger partial charge in [-0.3, -0.25) is 4.90 Å². The van der Waals surface area contributed by atoms with Crippen molar-refractivity contribution < 1.29 is 0 Å². The Morgan fingerprint density at radius 2 is 2.20 bits per heavy atom. The maximum Gasteiger partial charge on any atom is 0.0638 e. The SMILES string of the molecule is CC(C)N1C(CC#N)CNCCC1(C)C. The van der Waals surface area contributed by atoms with Crippen molar-refractivity contribution in [2.24, 2.45) is 0 Å². The molecule has 0 radical (unpaired) electrons. The van der Waals surface area contributed by atoms with Gasteiger partial charge >= 0.3 is 0 Å². The average molecular weight is 209 g/mol. The molecule has 1 fully saturated rings. The van der Waals surface area contributed by atoms with Gasteiger partial charge in [-0.15, -0.1) is 0 Å². The topological polar surface area (TPSA) is 39.1 Å². The first-order valence-corrected chi connectivity index (χ1v) is 5.85. The van der Waals surface area contributed by atoms with Crippen LogP contribution in [0.5, 0.6) is 0 Å². The van der Waals surface area contributed by atoms with Crippen LogP contribution < -0.4 is 5.32 Å². The van der Waals surface area contributed by atoms with Crippen LogP contribution in [0.4, 0.5) is 0 Å². The summed E-state index contributed by atoms with van der Waals surface area (Å²) in [5, 5.41) is 12.3. The lowest BCUT2D eigenvalue weighted by molar-refractivity contribution is 0.0466. The minimum Gasteiger partial charge on any atom is -0.315 e. The second-order valence-corrected chi connectivity index (χ2v) is 5.28. The first kappa shape index (κ1) is 12.5. The van der Waals surface area contributed by atoms with E-state index in [0.717, 1.165) is 19.5 Å². The van der Waals surface area contributed by atoms with Crippen molar-refractivity contribution in [2.45, 2.75) is 58.2 Å². The van der Waals surface area contributed by atoms with Crippen LogP contribution in [-0.2, 0) is 0 Å². The van der Waals surface area contributed by atoms with Crippen molar-refractivity contribution >= 4 is 0 Å². The normalized spacial score (nSPS) is 27.3. The van der Waals surface area contributed by atoms with Crippen molar-refractivity contribution in [2.75, 3.05) is 13.1 Å². The Morgan fingerprint density at radius 1 is 1.53 bits per heavy atom. The standard InChI is InChI=1S/C12H23N3/c1-10(2)15-11(5-7-13)9-14-8-6-12(15,3)4/h10-11,14H,5-6,8-9H2,1-4H3. The first-order valence-electron chi connectivity index (χ1n) is 5.85. The fraction of sp³-hybridized carbons (Fsp3) is 0.917. The maximum absolute atomic E-state index is 8.88. The Labute approximate surface area is 93.5 Å². The molecule has 3 heteroatoms. The fourth-order valence-electron chi connectivity index (χ4n) is 2.78. The van der Waals surface area contributed by atoms with Crippen LogP contribution in [0.2, 0.25) is 0 Å². The Morgan fingerprint density at radius 3 is 2.73 bits per heavy atom. The minimum absolute atomic E-state index is 0.194. The molecule has 0 aromatic heterocycles. The molecule has 1 atom stereocenters. The van der Waals surface area contributed by atoms with E-state index in [4.69, 9.17) is 5.26 Å². The zero-order chi connectivity index (χ0) is 11.5. The molecule has 3 nitrogen and oxygen atoms in total. The maximum atomic E-state index is 8.88. The van der Waals surface area contributed by atoms with Gasteiger partial charge in [-0.25, -0.2) is 0 Å². The van der Waals surface area contributed by atoms with E-state index >= 15 is 0 Å². The smallest absolute Gasteiger partial charge is 0.0638 e. The van der Waals surface area contributed by atoms with Gasteiger partial charge in [0, 0.05) is 24.2 Å². The van der Waals surface area contributed by atoms with Gasteiger partial charge in [0.15, 0.2) is 0 Å². The molecule has 1 rings (SSSR count). The van der Waals surface area contributed by atoms with Gasteiger partial charge in [0.05, 0.1) is 12.5 Å². The Hall–Kier alpha value is -0.590. The summed E-state index contributed by atoms with van der Waals surface area (Å²) in [4.78, 5) is 2.50. The van der Waals surface area contributed by atoms with E-state index in [1.54, 1.807) is 0 Å². The van der Waals surface area contributed by atoms with Gasteiger partial charge in [-0.2, -0.15) is 5.26 Å². The molecule has 15 heavy (non-hydrogen) atoms. The molecular weight excluding hydrogens is 186 g/mol. The van der Waals surface area contributed by atoms with Crippen LogP contribution in [0, 0.1) is 11.3 Å². The highest BCUT2D eigenvalue weighted by atomic mass is 15.3. The number of hydrogen-bond donors (Lipinski definition) is 1. The molecule has 0 aliphatic carbocycles. The molecular formula is C12H23N3. The van der Waals surface area contributed by atoms with Gasteiger partial charge in [0.2, 0.25) is 0 Å². The molecule has 1 aliphatic rings. The summed E-state index contributed by atoms with van der Waals surface area (Å²) >= 11 is 0. The predicted octanol–water partition coefficient (Wildman–Crippen LogP) is 1.75. The lowest BCUT2D eigenvalue weighted by atomic mass is 9.94. The van der Waals surface area contributed by atoms with Crippen LogP contribution in [0.25, 0.3) is 0 Å². The van der Waals surface area contributed by atoms with E-state index in [9.17, 15) is 0 Å². The summed E-state index contributed by atoms with van der Waals surface area (Å²) < 4.78 is 0. The fourth-order valence-corrected chi connectivity index (χ4v) is 2.78. The summed E-state index contributed by atoms with van der Waals surface area (Å²) in [7, 11) is 0. The van der Waals surface area contributed by atoms with Gasteiger partial charge in [0.25, 0.3) is 0 Å². The van der Waals surface area contributed by atoms with Crippen LogP contribution in [0.3, 0.4) is 0 Å². The van der Waals surface area contributed by atoms with Gasteiger partial charge < -0.3 is 5.32 Å². The summed E-state index contributed by atoms with van der Waals surface area (Å²) in [5.74, 6) is 0. The van der Waals surface area contributed by atoms with E-state index in [2.05, 4.69) is 44.0 Å². The molecule has 0 saturated carbocycles. The third kappa shape index (κ3) is 2.93. The molecule has 86 valence electrons. The molecule has 0 spiro atoms. The second-order valence-electron chi connectivity index (χ2n) is 5.28. The van der Waals surface area contributed by atoms with E-state index in [0.29, 0.717) is 18.5 Å². The number of hydrogen-bond acceptors (Lipinski definition) is 3. The van der Waals surface area contributed by atoms with Crippen LogP contribution in [0.1, 0.15) is 40.5 Å². The molecule has 0 aromatic rings. The highest BCUT2D eigenvalue weighted by molar-refractivity contribution is 4.96. The van der Waals surface area contributed by atoms with Crippen molar-refractivity contribution in [3.8, 4) is 6.07 Å². The average Bonchev–Trinajstić information content (AvgIpc) is 2.24. The molecule has 1 heterocycles. The zero-order valence-corrected chi connectivity index (χ0v) is 10.4. The summed E-state index contributed by atoms with van der Waals surface area (Å²) in [6, 6.07) is 3.16. The highest BCUT2D eigenvalue weighted by Crippen LogP contribution is 2.27. The minimum atomic E-state index is 0.194. The Bertz CT molecular complexity index is 240. The molecule has 0 bridgehead atoms. The third-order valence-electron chi connectivity index (χ3n) is 3.27. The quantitative estimate of drug-likeness (QED) is 0.753. The van der Waals surface area contributed by atoms with E-state index in [1.807, 2.05) is 0 Å². The molecule has 1 N–H and O–H groups in total.